The summed E-state index contributed by atoms with van der Waals surface area (Å²) in [4.78, 5) is 2.28. The predicted molar refractivity (Wildman–Crippen MR) is 87.9 cm³/mol. The third-order valence-electron chi connectivity index (χ3n) is 3.42. The van der Waals surface area contributed by atoms with Crippen LogP contribution in [0, 0.1) is 0 Å². The molecule has 20 heavy (non-hydrogen) atoms. The van der Waals surface area contributed by atoms with Crippen LogP contribution in [-0.2, 0) is 4.74 Å². The summed E-state index contributed by atoms with van der Waals surface area (Å²) in [6, 6.07) is 6.60. The third-order valence-corrected chi connectivity index (χ3v) is 3.74. The van der Waals surface area contributed by atoms with Crippen molar-refractivity contribution in [3.63, 3.8) is 0 Å². The van der Waals surface area contributed by atoms with Gasteiger partial charge in [-0.3, -0.25) is 0 Å². The van der Waals surface area contributed by atoms with Crippen molar-refractivity contribution in [1.29, 1.82) is 0 Å². The Labute approximate surface area is 128 Å². The monoisotopic (exact) mass is 298 g/mol. The minimum atomic E-state index is 0.278. The molecular weight excluding hydrogens is 272 g/mol. The highest BCUT2D eigenvalue weighted by Crippen LogP contribution is 2.27. The maximum Gasteiger partial charge on any atom is 0.0641 e. The molecule has 1 N–H and O–H groups in total. The summed E-state index contributed by atoms with van der Waals surface area (Å²) in [7, 11) is 0. The van der Waals surface area contributed by atoms with Crippen molar-refractivity contribution >= 4 is 17.3 Å². The second-order valence-corrected chi connectivity index (χ2v) is 5.17. The van der Waals surface area contributed by atoms with E-state index in [4.69, 9.17) is 16.3 Å². The van der Waals surface area contributed by atoms with Crippen LogP contribution in [0.2, 0.25) is 5.02 Å². The molecule has 0 fully saturated rings. The molecule has 1 aromatic carbocycles. The van der Waals surface area contributed by atoms with Gasteiger partial charge >= 0.3 is 0 Å². The van der Waals surface area contributed by atoms with Gasteiger partial charge in [-0.25, -0.2) is 0 Å². The van der Waals surface area contributed by atoms with Crippen molar-refractivity contribution in [2.24, 2.45) is 0 Å². The van der Waals surface area contributed by atoms with Gasteiger partial charge in [0, 0.05) is 36.4 Å². The minimum absolute atomic E-state index is 0.278. The zero-order chi connectivity index (χ0) is 15.0. The number of halogens is 1. The summed E-state index contributed by atoms with van der Waals surface area (Å²) in [6.07, 6.45) is 0. The molecule has 0 radical (unpaired) electrons. The SMILES string of the molecule is CCNC(C)c1ccc(N(CC)CCOCC)cc1Cl. The van der Waals surface area contributed by atoms with Gasteiger partial charge in [0.05, 0.1) is 6.61 Å². The second-order valence-electron chi connectivity index (χ2n) is 4.76. The lowest BCUT2D eigenvalue weighted by molar-refractivity contribution is 0.154. The van der Waals surface area contributed by atoms with Crippen LogP contribution in [0.25, 0.3) is 0 Å². The average Bonchev–Trinajstić information content (AvgIpc) is 2.43. The number of likely N-dealkylation sites (N-methyl/N-ethyl adjacent to an activating group) is 1. The maximum atomic E-state index is 6.42. The highest BCUT2D eigenvalue weighted by atomic mass is 35.5. The third kappa shape index (κ3) is 4.97. The van der Waals surface area contributed by atoms with Crippen molar-refractivity contribution < 1.29 is 4.74 Å². The molecule has 0 saturated heterocycles. The van der Waals surface area contributed by atoms with Gasteiger partial charge in [0.1, 0.15) is 0 Å². The normalized spacial score (nSPS) is 12.4. The Balaban J connectivity index is 2.78. The van der Waals surface area contributed by atoms with E-state index in [1.54, 1.807) is 0 Å². The van der Waals surface area contributed by atoms with Gasteiger partial charge in [-0.05, 0) is 45.0 Å². The second kappa shape index (κ2) is 9.22. The number of benzene rings is 1. The van der Waals surface area contributed by atoms with Crippen molar-refractivity contribution in [2.75, 3.05) is 37.7 Å². The summed E-state index contributed by atoms with van der Waals surface area (Å²) in [5.74, 6) is 0. The van der Waals surface area contributed by atoms with E-state index in [0.717, 1.165) is 49.1 Å². The van der Waals surface area contributed by atoms with Crippen LogP contribution in [0.4, 0.5) is 5.69 Å². The quantitative estimate of drug-likeness (QED) is 0.700. The number of nitrogens with zero attached hydrogens (tertiary/aromatic N) is 1. The Bertz CT molecular complexity index is 398. The molecule has 3 nitrogen and oxygen atoms in total. The largest absolute Gasteiger partial charge is 0.380 e. The molecule has 114 valence electrons. The fourth-order valence-corrected chi connectivity index (χ4v) is 2.61. The molecule has 4 heteroatoms. The molecule has 1 unspecified atom stereocenters. The molecule has 0 saturated carbocycles. The predicted octanol–water partition coefficient (Wildman–Crippen LogP) is 3.87. The van der Waals surface area contributed by atoms with E-state index in [0.29, 0.717) is 0 Å². The summed E-state index contributed by atoms with van der Waals surface area (Å²) in [5, 5.41) is 4.21. The van der Waals surface area contributed by atoms with Gasteiger partial charge < -0.3 is 15.0 Å². The fraction of sp³-hybridized carbons (Fsp3) is 0.625. The number of ether oxygens (including phenoxy) is 1. The number of nitrogens with one attached hydrogen (secondary N) is 1. The topological polar surface area (TPSA) is 24.5 Å². The van der Waals surface area contributed by atoms with Crippen LogP contribution < -0.4 is 10.2 Å². The van der Waals surface area contributed by atoms with Crippen LogP contribution in [0.1, 0.15) is 39.3 Å². The molecule has 0 spiro atoms. The number of anilines is 1. The van der Waals surface area contributed by atoms with Crippen LogP contribution in [-0.4, -0.2) is 32.8 Å². The Kier molecular flexibility index (Phi) is 7.97. The van der Waals surface area contributed by atoms with Crippen molar-refractivity contribution in [3.8, 4) is 0 Å². The lowest BCUT2D eigenvalue weighted by Crippen LogP contribution is -2.27. The van der Waals surface area contributed by atoms with E-state index in [-0.39, 0.29) is 6.04 Å². The smallest absolute Gasteiger partial charge is 0.0641 e. The first-order valence-electron chi connectivity index (χ1n) is 7.49. The lowest BCUT2D eigenvalue weighted by atomic mass is 10.1. The summed E-state index contributed by atoms with van der Waals surface area (Å²) < 4.78 is 5.43. The van der Waals surface area contributed by atoms with E-state index in [1.807, 2.05) is 6.92 Å². The Morgan fingerprint density at radius 2 is 2.05 bits per heavy atom. The van der Waals surface area contributed by atoms with Crippen molar-refractivity contribution in [1.82, 2.24) is 5.32 Å². The summed E-state index contributed by atoms with van der Waals surface area (Å²) in [6.45, 7) is 12.7. The molecular formula is C16H27ClN2O. The first kappa shape index (κ1) is 17.3. The molecule has 0 bridgehead atoms. The van der Waals surface area contributed by atoms with E-state index < -0.39 is 0 Å². The van der Waals surface area contributed by atoms with Gasteiger partial charge in [-0.2, -0.15) is 0 Å². The Morgan fingerprint density at radius 1 is 1.30 bits per heavy atom. The molecule has 1 atom stereocenters. The first-order chi connectivity index (χ1) is 9.63. The zero-order valence-electron chi connectivity index (χ0n) is 13.1. The lowest BCUT2D eigenvalue weighted by Gasteiger charge is -2.24. The highest BCUT2D eigenvalue weighted by molar-refractivity contribution is 6.31. The molecule has 0 amide bonds. The van der Waals surface area contributed by atoms with E-state index in [1.165, 1.54) is 0 Å². The Hall–Kier alpha value is -0.770. The molecule has 1 rings (SSSR count). The molecule has 0 aliphatic rings. The van der Waals surface area contributed by atoms with E-state index >= 15 is 0 Å². The van der Waals surface area contributed by atoms with Gasteiger partial charge in [0.15, 0.2) is 0 Å². The average molecular weight is 299 g/mol. The maximum absolute atomic E-state index is 6.42. The van der Waals surface area contributed by atoms with Crippen LogP contribution in [0.5, 0.6) is 0 Å². The van der Waals surface area contributed by atoms with E-state index in [2.05, 4.69) is 49.2 Å². The van der Waals surface area contributed by atoms with Gasteiger partial charge in [-0.15, -0.1) is 0 Å². The minimum Gasteiger partial charge on any atom is -0.380 e. The highest BCUT2D eigenvalue weighted by Gasteiger charge is 2.11. The van der Waals surface area contributed by atoms with Gasteiger partial charge in [0.2, 0.25) is 0 Å². The number of rotatable bonds is 9. The standard InChI is InChI=1S/C16H27ClN2O/c1-5-18-13(4)15-9-8-14(12-16(15)17)19(6-2)10-11-20-7-3/h8-9,12-13,18H,5-7,10-11H2,1-4H3. The van der Waals surface area contributed by atoms with Crippen molar-refractivity contribution in [2.45, 2.75) is 33.7 Å². The number of hydrogen-bond donors (Lipinski definition) is 1. The first-order valence-corrected chi connectivity index (χ1v) is 7.87. The van der Waals surface area contributed by atoms with E-state index in [9.17, 15) is 0 Å². The molecule has 0 aliphatic carbocycles. The Morgan fingerprint density at radius 3 is 2.60 bits per heavy atom. The van der Waals surface area contributed by atoms with Crippen molar-refractivity contribution in [3.05, 3.63) is 28.8 Å². The molecule has 1 aromatic rings. The fourth-order valence-electron chi connectivity index (χ4n) is 2.27. The zero-order valence-corrected chi connectivity index (χ0v) is 13.8. The van der Waals surface area contributed by atoms with Crippen LogP contribution >= 0.6 is 11.6 Å². The molecule has 0 aromatic heterocycles. The summed E-state index contributed by atoms with van der Waals surface area (Å²) >= 11 is 6.42. The molecule has 0 aliphatic heterocycles. The number of hydrogen-bond acceptors (Lipinski definition) is 3. The van der Waals surface area contributed by atoms with Gasteiger partial charge in [0.25, 0.3) is 0 Å². The molecule has 0 heterocycles. The van der Waals surface area contributed by atoms with Crippen LogP contribution in [0.15, 0.2) is 18.2 Å². The van der Waals surface area contributed by atoms with Gasteiger partial charge in [-0.1, -0.05) is 24.6 Å². The van der Waals surface area contributed by atoms with Crippen LogP contribution in [0.3, 0.4) is 0 Å². The summed E-state index contributed by atoms with van der Waals surface area (Å²) in [5.41, 5.74) is 2.31.